The lowest BCUT2D eigenvalue weighted by molar-refractivity contribution is 0.550. The summed E-state index contributed by atoms with van der Waals surface area (Å²) >= 11 is 5.09. The van der Waals surface area contributed by atoms with E-state index in [-0.39, 0.29) is 0 Å². The molecule has 1 aromatic rings. The van der Waals surface area contributed by atoms with Crippen molar-refractivity contribution in [1.29, 1.82) is 0 Å². The lowest BCUT2D eigenvalue weighted by Crippen LogP contribution is -2.04. The molecule has 1 aromatic carbocycles. The zero-order valence-electron chi connectivity index (χ0n) is 6.30. The average Bonchev–Trinajstić information content (AvgIpc) is 2.03. The van der Waals surface area contributed by atoms with Crippen LogP contribution in [0.4, 0.5) is 8.78 Å². The Morgan fingerprint density at radius 2 is 1.92 bits per heavy atom. The second-order valence-corrected chi connectivity index (χ2v) is 4.84. The molecule has 0 radical (unpaired) electrons. The van der Waals surface area contributed by atoms with Gasteiger partial charge in [-0.15, -0.1) is 11.6 Å². The summed E-state index contributed by atoms with van der Waals surface area (Å²) in [6.45, 7) is 0. The molecule has 0 heterocycles. The van der Waals surface area contributed by atoms with Crippen LogP contribution in [0.15, 0.2) is 23.1 Å². The standard InChI is InChI=1S/C7H5ClF2O2S/c8-4-13(11,12)7-2-1-5(9)3-6(7)10/h1-3H,4H2. The molecule has 0 fully saturated rings. The van der Waals surface area contributed by atoms with Crippen LogP contribution in [0.3, 0.4) is 0 Å². The zero-order chi connectivity index (χ0) is 10.1. The molecule has 0 unspecified atom stereocenters. The first-order chi connectivity index (χ1) is 5.97. The van der Waals surface area contributed by atoms with Crippen LogP contribution < -0.4 is 0 Å². The van der Waals surface area contributed by atoms with Gasteiger partial charge < -0.3 is 0 Å². The average molecular weight is 227 g/mol. The van der Waals surface area contributed by atoms with Crippen molar-refractivity contribution in [2.75, 3.05) is 5.21 Å². The molecule has 1 rings (SSSR count). The Labute approximate surface area is 79.1 Å². The molecule has 72 valence electrons. The maximum Gasteiger partial charge on any atom is 0.195 e. The van der Waals surface area contributed by atoms with Crippen molar-refractivity contribution >= 4 is 21.4 Å². The quantitative estimate of drug-likeness (QED) is 0.571. The highest BCUT2D eigenvalue weighted by atomic mass is 35.5. The highest BCUT2D eigenvalue weighted by molar-refractivity contribution is 7.92. The number of hydrogen-bond acceptors (Lipinski definition) is 2. The van der Waals surface area contributed by atoms with Gasteiger partial charge in [-0.1, -0.05) is 0 Å². The largest absolute Gasteiger partial charge is 0.222 e. The fourth-order valence-electron chi connectivity index (χ4n) is 0.786. The molecule has 2 nitrogen and oxygen atoms in total. The summed E-state index contributed by atoms with van der Waals surface area (Å²) in [4.78, 5) is -0.580. The molecule has 0 aliphatic heterocycles. The van der Waals surface area contributed by atoms with Gasteiger partial charge in [-0.2, -0.15) is 0 Å². The molecule has 13 heavy (non-hydrogen) atoms. The fraction of sp³-hybridized carbons (Fsp3) is 0.143. The first-order valence-corrected chi connectivity index (χ1v) is 5.40. The van der Waals surface area contributed by atoms with Crippen molar-refractivity contribution in [1.82, 2.24) is 0 Å². The molecule has 0 spiro atoms. The summed E-state index contributed by atoms with van der Waals surface area (Å²) < 4.78 is 47.3. The van der Waals surface area contributed by atoms with Crippen molar-refractivity contribution in [2.45, 2.75) is 4.90 Å². The van der Waals surface area contributed by atoms with Crippen LogP contribution >= 0.6 is 11.6 Å². The second-order valence-electron chi connectivity index (χ2n) is 2.30. The first kappa shape index (κ1) is 10.4. The molecule has 0 aliphatic rings. The predicted molar refractivity (Wildman–Crippen MR) is 44.3 cm³/mol. The SMILES string of the molecule is O=S(=O)(CCl)c1ccc(F)cc1F. The summed E-state index contributed by atoms with van der Waals surface area (Å²) in [7, 11) is -3.82. The van der Waals surface area contributed by atoms with Crippen molar-refractivity contribution < 1.29 is 17.2 Å². The molecule has 0 saturated carbocycles. The molecule has 0 aromatic heterocycles. The van der Waals surface area contributed by atoms with E-state index in [1.165, 1.54) is 0 Å². The zero-order valence-corrected chi connectivity index (χ0v) is 7.87. The van der Waals surface area contributed by atoms with Crippen LogP contribution in [0.25, 0.3) is 0 Å². The third-order valence-corrected chi connectivity index (χ3v) is 3.52. The van der Waals surface area contributed by atoms with Gasteiger partial charge in [0.2, 0.25) is 0 Å². The molecule has 0 N–H and O–H groups in total. The molecule has 0 amide bonds. The lowest BCUT2D eigenvalue weighted by Gasteiger charge is -2.00. The van der Waals surface area contributed by atoms with Crippen LogP contribution in [0.1, 0.15) is 0 Å². The summed E-state index contributed by atoms with van der Waals surface area (Å²) in [5.74, 6) is -1.95. The van der Waals surface area contributed by atoms with Gasteiger partial charge in [0.15, 0.2) is 9.84 Å². The number of halogens is 3. The van der Waals surface area contributed by atoms with Gasteiger partial charge in [0.05, 0.1) is 0 Å². The Bertz CT molecular complexity index is 417. The van der Waals surface area contributed by atoms with E-state index < -0.39 is 31.6 Å². The minimum absolute atomic E-state index is 0.499. The highest BCUT2D eigenvalue weighted by Gasteiger charge is 2.17. The molecule has 6 heteroatoms. The molecular weight excluding hydrogens is 222 g/mol. The van der Waals surface area contributed by atoms with E-state index in [0.29, 0.717) is 6.07 Å². The molecule has 0 bridgehead atoms. The monoisotopic (exact) mass is 226 g/mol. The topological polar surface area (TPSA) is 34.1 Å². The van der Waals surface area contributed by atoms with Crippen LogP contribution in [0.2, 0.25) is 0 Å². The third-order valence-electron chi connectivity index (χ3n) is 1.37. The number of hydrogen-bond donors (Lipinski definition) is 0. The lowest BCUT2D eigenvalue weighted by atomic mass is 10.3. The summed E-state index contributed by atoms with van der Waals surface area (Å²) in [6.07, 6.45) is 0. The van der Waals surface area contributed by atoms with Gasteiger partial charge >= 0.3 is 0 Å². The maximum absolute atomic E-state index is 12.9. The molecular formula is C7H5ClF2O2S. The van der Waals surface area contributed by atoms with Gasteiger partial charge in [0.25, 0.3) is 0 Å². The van der Waals surface area contributed by atoms with Crippen molar-refractivity contribution in [3.8, 4) is 0 Å². The van der Waals surface area contributed by atoms with Crippen LogP contribution in [0.5, 0.6) is 0 Å². The third kappa shape index (κ3) is 2.16. The molecule has 0 aliphatic carbocycles. The predicted octanol–water partition coefficient (Wildman–Crippen LogP) is 1.93. The van der Waals surface area contributed by atoms with E-state index >= 15 is 0 Å². The number of benzene rings is 1. The van der Waals surface area contributed by atoms with E-state index in [9.17, 15) is 17.2 Å². The van der Waals surface area contributed by atoms with E-state index in [1.807, 2.05) is 0 Å². The van der Waals surface area contributed by atoms with Crippen LogP contribution in [-0.4, -0.2) is 13.6 Å². The van der Waals surface area contributed by atoms with Crippen molar-refractivity contribution in [3.05, 3.63) is 29.8 Å². The van der Waals surface area contributed by atoms with E-state index in [0.717, 1.165) is 12.1 Å². The summed E-state index contributed by atoms with van der Waals surface area (Å²) in [6, 6.07) is 2.21. The Morgan fingerprint density at radius 3 is 2.38 bits per heavy atom. The van der Waals surface area contributed by atoms with Gasteiger partial charge in [-0.3, -0.25) is 0 Å². The van der Waals surface area contributed by atoms with Gasteiger partial charge in [-0.05, 0) is 12.1 Å². The van der Waals surface area contributed by atoms with Crippen molar-refractivity contribution in [3.63, 3.8) is 0 Å². The van der Waals surface area contributed by atoms with E-state index in [1.54, 1.807) is 0 Å². The smallest absolute Gasteiger partial charge is 0.195 e. The van der Waals surface area contributed by atoms with Gasteiger partial charge in [0, 0.05) is 6.07 Å². The van der Waals surface area contributed by atoms with Crippen LogP contribution in [-0.2, 0) is 9.84 Å². The number of rotatable bonds is 2. The normalized spacial score (nSPS) is 11.6. The molecule has 0 atom stereocenters. The first-order valence-electron chi connectivity index (χ1n) is 3.21. The Kier molecular flexibility index (Phi) is 2.87. The minimum atomic E-state index is -3.82. The number of sulfone groups is 1. The summed E-state index contributed by atoms with van der Waals surface area (Å²) in [5, 5.41) is -0.727. The van der Waals surface area contributed by atoms with Gasteiger partial charge in [-0.25, -0.2) is 17.2 Å². The van der Waals surface area contributed by atoms with Crippen LogP contribution in [0, 0.1) is 11.6 Å². The van der Waals surface area contributed by atoms with Gasteiger partial charge in [0.1, 0.15) is 21.7 Å². The summed E-state index contributed by atoms with van der Waals surface area (Å²) in [5.41, 5.74) is 0. The number of alkyl halides is 1. The Morgan fingerprint density at radius 1 is 1.31 bits per heavy atom. The Hall–Kier alpha value is -0.680. The second kappa shape index (κ2) is 3.59. The Balaban J connectivity index is 3.33. The van der Waals surface area contributed by atoms with Crippen molar-refractivity contribution in [2.24, 2.45) is 0 Å². The van der Waals surface area contributed by atoms with E-state index in [4.69, 9.17) is 11.6 Å². The van der Waals surface area contributed by atoms with E-state index in [2.05, 4.69) is 0 Å². The maximum atomic E-state index is 12.9. The fourth-order valence-corrected chi connectivity index (χ4v) is 1.89. The minimum Gasteiger partial charge on any atom is -0.222 e. The molecule has 0 saturated heterocycles. The highest BCUT2D eigenvalue weighted by Crippen LogP contribution is 2.17.